The van der Waals surface area contributed by atoms with Gasteiger partial charge >= 0.3 is 5.97 Å². The Labute approximate surface area is 118 Å². The molecular formula is C12H12ClFN2O4. The Morgan fingerprint density at radius 3 is 2.45 bits per heavy atom. The van der Waals surface area contributed by atoms with Crippen LogP contribution in [0.3, 0.4) is 0 Å². The number of amides is 2. The Hall–Kier alpha value is -2.15. The summed E-state index contributed by atoms with van der Waals surface area (Å²) in [6, 6.07) is 3.91. The molecule has 8 heteroatoms. The second kappa shape index (κ2) is 6.85. The lowest BCUT2D eigenvalue weighted by Crippen LogP contribution is -2.42. The van der Waals surface area contributed by atoms with Crippen LogP contribution in [-0.4, -0.2) is 40.9 Å². The summed E-state index contributed by atoms with van der Waals surface area (Å²) >= 11 is 5.77. The van der Waals surface area contributed by atoms with Crippen molar-refractivity contribution in [2.75, 3.05) is 13.1 Å². The number of halogens is 2. The molecule has 0 saturated heterocycles. The number of hydrogen-bond donors (Lipinski definition) is 2. The highest BCUT2D eigenvalue weighted by molar-refractivity contribution is 6.31. The monoisotopic (exact) mass is 302 g/mol. The van der Waals surface area contributed by atoms with Gasteiger partial charge in [-0.25, -0.2) is 4.39 Å². The molecule has 0 radical (unpaired) electrons. The quantitative estimate of drug-likeness (QED) is 0.795. The van der Waals surface area contributed by atoms with Gasteiger partial charge in [-0.15, -0.1) is 0 Å². The Morgan fingerprint density at radius 1 is 1.30 bits per heavy atom. The van der Waals surface area contributed by atoms with Crippen LogP contribution in [0, 0.1) is 5.82 Å². The molecule has 0 bridgehead atoms. The Balaban J connectivity index is 2.90. The molecular weight excluding hydrogens is 291 g/mol. The molecule has 2 amide bonds. The fourth-order valence-corrected chi connectivity index (χ4v) is 1.78. The van der Waals surface area contributed by atoms with Crippen LogP contribution in [0.5, 0.6) is 0 Å². The molecule has 1 aromatic rings. The van der Waals surface area contributed by atoms with Gasteiger partial charge in [0.05, 0.1) is 13.0 Å². The molecule has 0 aliphatic carbocycles. The smallest absolute Gasteiger partial charge is 0.323 e. The van der Waals surface area contributed by atoms with Gasteiger partial charge < -0.3 is 15.7 Å². The molecule has 6 nitrogen and oxygen atoms in total. The van der Waals surface area contributed by atoms with Crippen LogP contribution in [0.25, 0.3) is 0 Å². The molecule has 1 rings (SSSR count). The number of rotatable bonds is 6. The minimum absolute atomic E-state index is 0.0488. The highest BCUT2D eigenvalue weighted by Gasteiger charge is 2.21. The molecule has 0 aliphatic rings. The van der Waals surface area contributed by atoms with Gasteiger partial charge in [0, 0.05) is 10.6 Å². The zero-order chi connectivity index (χ0) is 15.3. The Morgan fingerprint density at radius 2 is 1.95 bits per heavy atom. The molecule has 0 heterocycles. The minimum atomic E-state index is -1.31. The van der Waals surface area contributed by atoms with Gasteiger partial charge in [0.2, 0.25) is 11.8 Å². The van der Waals surface area contributed by atoms with E-state index in [4.69, 9.17) is 22.4 Å². The molecule has 3 N–H and O–H groups in total. The first-order valence-corrected chi connectivity index (χ1v) is 5.89. The number of primary amides is 1. The lowest BCUT2D eigenvalue weighted by Gasteiger charge is -2.19. The average Bonchev–Trinajstić information content (AvgIpc) is 2.31. The second-order valence-corrected chi connectivity index (χ2v) is 4.39. The lowest BCUT2D eigenvalue weighted by atomic mass is 10.1. The summed E-state index contributed by atoms with van der Waals surface area (Å²) in [6.07, 6.45) is -0.452. The van der Waals surface area contributed by atoms with E-state index in [2.05, 4.69) is 0 Å². The first-order valence-electron chi connectivity index (χ1n) is 5.52. The highest BCUT2D eigenvalue weighted by Crippen LogP contribution is 2.20. The molecule has 20 heavy (non-hydrogen) atoms. The van der Waals surface area contributed by atoms with E-state index < -0.39 is 43.1 Å². The van der Waals surface area contributed by atoms with Crippen molar-refractivity contribution in [1.29, 1.82) is 0 Å². The molecule has 108 valence electrons. The molecule has 0 saturated carbocycles. The summed E-state index contributed by atoms with van der Waals surface area (Å²) in [7, 11) is 0. The van der Waals surface area contributed by atoms with E-state index in [1.165, 1.54) is 12.1 Å². The number of carboxylic acids is 1. The van der Waals surface area contributed by atoms with Crippen molar-refractivity contribution in [2.45, 2.75) is 6.42 Å². The maximum absolute atomic E-state index is 13.5. The maximum Gasteiger partial charge on any atom is 0.323 e. The zero-order valence-corrected chi connectivity index (χ0v) is 11.1. The first-order chi connectivity index (χ1) is 9.31. The fraction of sp³-hybridized carbons (Fsp3) is 0.250. The number of carboxylic acid groups (broad SMARTS) is 1. The Kier molecular flexibility index (Phi) is 5.45. The van der Waals surface area contributed by atoms with Crippen LogP contribution in [0.2, 0.25) is 5.02 Å². The van der Waals surface area contributed by atoms with Crippen LogP contribution in [0.1, 0.15) is 5.56 Å². The van der Waals surface area contributed by atoms with Gasteiger partial charge in [-0.3, -0.25) is 14.4 Å². The molecule has 0 aromatic heterocycles. The van der Waals surface area contributed by atoms with Gasteiger partial charge in [-0.1, -0.05) is 17.7 Å². The lowest BCUT2D eigenvalue weighted by molar-refractivity contribution is -0.145. The fourth-order valence-electron chi connectivity index (χ4n) is 1.55. The van der Waals surface area contributed by atoms with E-state index in [9.17, 15) is 18.8 Å². The molecule has 0 atom stereocenters. The van der Waals surface area contributed by atoms with Gasteiger partial charge in [0.15, 0.2) is 0 Å². The van der Waals surface area contributed by atoms with Crippen molar-refractivity contribution in [2.24, 2.45) is 5.73 Å². The zero-order valence-electron chi connectivity index (χ0n) is 10.3. The van der Waals surface area contributed by atoms with E-state index in [1.54, 1.807) is 0 Å². The van der Waals surface area contributed by atoms with E-state index in [0.29, 0.717) is 0 Å². The van der Waals surface area contributed by atoms with Crippen LogP contribution in [0.15, 0.2) is 18.2 Å². The number of benzene rings is 1. The van der Waals surface area contributed by atoms with E-state index in [0.717, 1.165) is 11.0 Å². The van der Waals surface area contributed by atoms with Gasteiger partial charge in [-0.2, -0.15) is 0 Å². The molecule has 1 aromatic carbocycles. The highest BCUT2D eigenvalue weighted by atomic mass is 35.5. The standard InChI is InChI=1S/C12H12ClFN2O4/c13-8-2-1-3-9(14)7(8)4-11(18)16(5-10(15)17)6-12(19)20/h1-3H,4-6H2,(H2,15,17)(H,19,20). The van der Waals surface area contributed by atoms with E-state index >= 15 is 0 Å². The third-order valence-corrected chi connectivity index (χ3v) is 2.77. The average molecular weight is 303 g/mol. The third kappa shape index (κ3) is 4.51. The summed E-state index contributed by atoms with van der Waals surface area (Å²) in [4.78, 5) is 34.1. The summed E-state index contributed by atoms with van der Waals surface area (Å²) in [5, 5.41) is 8.72. The van der Waals surface area contributed by atoms with Crippen molar-refractivity contribution in [3.8, 4) is 0 Å². The number of carbonyl (C=O) groups is 3. The second-order valence-electron chi connectivity index (χ2n) is 3.99. The van der Waals surface area contributed by atoms with Gasteiger partial charge in [0.1, 0.15) is 12.4 Å². The topological polar surface area (TPSA) is 101 Å². The summed E-state index contributed by atoms with van der Waals surface area (Å²) in [5.41, 5.74) is 4.88. The largest absolute Gasteiger partial charge is 0.480 e. The first kappa shape index (κ1) is 15.9. The van der Waals surface area contributed by atoms with E-state index in [-0.39, 0.29) is 10.6 Å². The van der Waals surface area contributed by atoms with Gasteiger partial charge in [0.25, 0.3) is 0 Å². The minimum Gasteiger partial charge on any atom is -0.480 e. The number of nitrogens with zero attached hydrogens (tertiary/aromatic N) is 1. The maximum atomic E-state index is 13.5. The molecule has 0 spiro atoms. The number of carbonyl (C=O) groups excluding carboxylic acids is 2. The van der Waals surface area contributed by atoms with Crippen LogP contribution >= 0.6 is 11.6 Å². The summed E-state index contributed by atoms with van der Waals surface area (Å²) in [5.74, 6) is -3.60. The van der Waals surface area contributed by atoms with Crippen molar-refractivity contribution in [3.05, 3.63) is 34.6 Å². The molecule has 0 fully saturated rings. The van der Waals surface area contributed by atoms with Gasteiger partial charge in [-0.05, 0) is 12.1 Å². The van der Waals surface area contributed by atoms with Crippen LogP contribution < -0.4 is 5.73 Å². The normalized spacial score (nSPS) is 10.1. The predicted octanol–water partition coefficient (Wildman–Crippen LogP) is 0.420. The third-order valence-electron chi connectivity index (χ3n) is 2.42. The van der Waals surface area contributed by atoms with Crippen molar-refractivity contribution in [1.82, 2.24) is 4.90 Å². The van der Waals surface area contributed by atoms with E-state index in [1.807, 2.05) is 0 Å². The van der Waals surface area contributed by atoms with Crippen LogP contribution in [-0.2, 0) is 20.8 Å². The molecule has 0 aliphatic heterocycles. The SMILES string of the molecule is NC(=O)CN(CC(=O)O)C(=O)Cc1c(F)cccc1Cl. The number of hydrogen-bond acceptors (Lipinski definition) is 3. The van der Waals surface area contributed by atoms with Crippen molar-refractivity contribution < 1.29 is 23.9 Å². The number of nitrogens with two attached hydrogens (primary N) is 1. The van der Waals surface area contributed by atoms with Crippen LogP contribution in [0.4, 0.5) is 4.39 Å². The Bertz CT molecular complexity index is 514. The van der Waals surface area contributed by atoms with Crippen molar-refractivity contribution in [3.63, 3.8) is 0 Å². The predicted molar refractivity (Wildman–Crippen MR) is 68.5 cm³/mol. The molecule has 0 unspecified atom stereocenters. The summed E-state index contributed by atoms with van der Waals surface area (Å²) in [6.45, 7) is -1.26. The number of aliphatic carboxylic acids is 1. The van der Waals surface area contributed by atoms with Crippen molar-refractivity contribution >= 4 is 29.4 Å². The summed E-state index contributed by atoms with van der Waals surface area (Å²) < 4.78 is 13.5.